The molecular weight excluding hydrogens is 404 g/mol. The molecule has 9 nitrogen and oxygen atoms in total. The molecule has 0 saturated heterocycles. The Morgan fingerprint density at radius 1 is 0.774 bits per heavy atom. The topological polar surface area (TPSA) is 114 Å². The molecule has 0 N–H and O–H groups in total. The van der Waals surface area contributed by atoms with E-state index in [1.54, 1.807) is 24.3 Å². The van der Waals surface area contributed by atoms with E-state index in [0.29, 0.717) is 16.9 Å². The van der Waals surface area contributed by atoms with Gasteiger partial charge in [0.2, 0.25) is 0 Å². The molecule has 0 bridgehead atoms. The molecule has 0 saturated carbocycles. The fourth-order valence-corrected chi connectivity index (χ4v) is 3.18. The molecule has 0 aliphatic rings. The van der Waals surface area contributed by atoms with Crippen LogP contribution in [0.25, 0.3) is 0 Å². The lowest BCUT2D eigenvalue weighted by molar-refractivity contribution is -0.386. The molecule has 3 aromatic rings. The van der Waals surface area contributed by atoms with Crippen LogP contribution >= 0.6 is 0 Å². The van der Waals surface area contributed by atoms with E-state index in [2.05, 4.69) is 0 Å². The highest BCUT2D eigenvalue weighted by molar-refractivity contribution is 5.49. The first-order chi connectivity index (χ1) is 14.9. The van der Waals surface area contributed by atoms with Crippen molar-refractivity contribution < 1.29 is 24.1 Å². The number of nitrogens with zero attached hydrogens (tertiary/aromatic N) is 2. The maximum atomic E-state index is 11.2. The van der Waals surface area contributed by atoms with Crippen LogP contribution in [0.15, 0.2) is 60.7 Å². The van der Waals surface area contributed by atoms with Crippen molar-refractivity contribution in [2.75, 3.05) is 7.11 Å². The molecule has 0 heterocycles. The number of hydrogen-bond donors (Lipinski definition) is 0. The Bertz CT molecular complexity index is 1030. The molecule has 160 valence electrons. The van der Waals surface area contributed by atoms with Gasteiger partial charge in [0.05, 0.1) is 17.0 Å². The largest absolute Gasteiger partial charge is 0.496 e. The van der Waals surface area contributed by atoms with Crippen molar-refractivity contribution in [3.05, 3.63) is 97.6 Å². The second-order valence-corrected chi connectivity index (χ2v) is 6.64. The summed E-state index contributed by atoms with van der Waals surface area (Å²) in [4.78, 5) is 21.4. The van der Waals surface area contributed by atoms with E-state index >= 15 is 0 Å². The van der Waals surface area contributed by atoms with Crippen molar-refractivity contribution in [1.82, 2.24) is 0 Å². The monoisotopic (exact) mass is 424 g/mol. The van der Waals surface area contributed by atoms with Gasteiger partial charge in [-0.2, -0.15) is 0 Å². The van der Waals surface area contributed by atoms with Gasteiger partial charge < -0.3 is 14.2 Å². The van der Waals surface area contributed by atoms with Crippen LogP contribution < -0.4 is 14.2 Å². The highest BCUT2D eigenvalue weighted by Gasteiger charge is 2.18. The predicted molar refractivity (Wildman–Crippen MR) is 113 cm³/mol. The van der Waals surface area contributed by atoms with Crippen molar-refractivity contribution >= 4 is 11.4 Å². The summed E-state index contributed by atoms with van der Waals surface area (Å²) < 4.78 is 16.9. The summed E-state index contributed by atoms with van der Waals surface area (Å²) in [6.45, 7) is 1.95. The lowest BCUT2D eigenvalue weighted by atomic mass is 10.1. The zero-order valence-corrected chi connectivity index (χ0v) is 16.9. The lowest BCUT2D eigenvalue weighted by Crippen LogP contribution is -2.06. The van der Waals surface area contributed by atoms with Crippen LogP contribution in [0.1, 0.15) is 16.7 Å². The van der Waals surface area contributed by atoms with Crippen LogP contribution in [0, 0.1) is 27.2 Å². The number of nitro groups is 2. The standard InChI is InChI=1S/C22H20N2O7/c1-15-11-16(13-30-20-9-5-3-7-18(20)23(25)26)22(29-2)17(12-15)14-31-21-10-6-4-8-19(21)24(27)28/h3-12H,13-14H2,1-2H3. The molecule has 0 aliphatic carbocycles. The first kappa shape index (κ1) is 21.6. The second-order valence-electron chi connectivity index (χ2n) is 6.64. The summed E-state index contributed by atoms with van der Waals surface area (Å²) in [7, 11) is 1.49. The van der Waals surface area contributed by atoms with Crippen molar-refractivity contribution in [2.24, 2.45) is 0 Å². The minimum atomic E-state index is -0.505. The van der Waals surface area contributed by atoms with Gasteiger partial charge in [-0.25, -0.2) is 0 Å². The van der Waals surface area contributed by atoms with Crippen LogP contribution in [0.3, 0.4) is 0 Å². The minimum absolute atomic E-state index is 0.0359. The van der Waals surface area contributed by atoms with Crippen LogP contribution in [0.2, 0.25) is 0 Å². The molecule has 0 spiro atoms. The average Bonchev–Trinajstić information content (AvgIpc) is 2.76. The minimum Gasteiger partial charge on any atom is -0.496 e. The first-order valence-corrected chi connectivity index (χ1v) is 9.29. The van der Waals surface area contributed by atoms with Crippen LogP contribution in [-0.2, 0) is 13.2 Å². The maximum absolute atomic E-state index is 11.2. The summed E-state index contributed by atoms with van der Waals surface area (Å²) in [5, 5.41) is 22.4. The van der Waals surface area contributed by atoms with E-state index in [-0.39, 0.29) is 36.1 Å². The van der Waals surface area contributed by atoms with E-state index in [4.69, 9.17) is 14.2 Å². The van der Waals surface area contributed by atoms with Gasteiger partial charge in [0.1, 0.15) is 19.0 Å². The summed E-state index contributed by atoms with van der Waals surface area (Å²) >= 11 is 0. The Morgan fingerprint density at radius 3 is 1.58 bits per heavy atom. The third kappa shape index (κ3) is 5.08. The van der Waals surface area contributed by atoms with Gasteiger partial charge in [-0.3, -0.25) is 20.2 Å². The maximum Gasteiger partial charge on any atom is 0.310 e. The molecule has 0 amide bonds. The number of para-hydroxylation sites is 4. The summed E-state index contributed by atoms with van der Waals surface area (Å²) in [6, 6.07) is 15.9. The molecule has 0 fully saturated rings. The van der Waals surface area contributed by atoms with Crippen LogP contribution in [0.5, 0.6) is 17.2 Å². The van der Waals surface area contributed by atoms with Gasteiger partial charge in [0, 0.05) is 23.3 Å². The number of methoxy groups -OCH3 is 1. The van der Waals surface area contributed by atoms with E-state index in [0.717, 1.165) is 5.56 Å². The average molecular weight is 424 g/mol. The first-order valence-electron chi connectivity index (χ1n) is 9.29. The second kappa shape index (κ2) is 9.57. The molecule has 0 atom stereocenters. The number of benzene rings is 3. The van der Waals surface area contributed by atoms with Gasteiger partial charge >= 0.3 is 11.4 Å². The number of nitro benzene ring substituents is 2. The smallest absolute Gasteiger partial charge is 0.310 e. The zero-order chi connectivity index (χ0) is 22.4. The summed E-state index contributed by atoms with van der Waals surface area (Å²) in [5.74, 6) is 0.783. The van der Waals surface area contributed by atoms with Crippen molar-refractivity contribution in [3.63, 3.8) is 0 Å². The van der Waals surface area contributed by atoms with Gasteiger partial charge in [0.15, 0.2) is 11.5 Å². The highest BCUT2D eigenvalue weighted by atomic mass is 16.6. The van der Waals surface area contributed by atoms with Gasteiger partial charge in [-0.15, -0.1) is 0 Å². The quantitative estimate of drug-likeness (QED) is 0.351. The molecule has 3 aromatic carbocycles. The van der Waals surface area contributed by atoms with Crippen molar-refractivity contribution in [3.8, 4) is 17.2 Å². The SMILES string of the molecule is COc1c(COc2ccccc2[N+](=O)[O-])cc(C)cc1COc1ccccc1[N+](=O)[O-]. The van der Waals surface area contributed by atoms with Gasteiger partial charge in [-0.1, -0.05) is 29.8 Å². The number of aryl methyl sites for hydroxylation is 1. The van der Waals surface area contributed by atoms with E-state index in [1.165, 1.54) is 31.4 Å². The van der Waals surface area contributed by atoms with E-state index in [1.807, 2.05) is 19.1 Å². The van der Waals surface area contributed by atoms with Crippen LogP contribution in [-0.4, -0.2) is 17.0 Å². The molecular formula is C22H20N2O7. The van der Waals surface area contributed by atoms with Crippen molar-refractivity contribution in [2.45, 2.75) is 20.1 Å². The number of rotatable bonds is 9. The fourth-order valence-electron chi connectivity index (χ4n) is 3.18. The summed E-state index contributed by atoms with van der Waals surface area (Å²) in [6.07, 6.45) is 0. The van der Waals surface area contributed by atoms with Crippen LogP contribution in [0.4, 0.5) is 11.4 Å². The molecule has 31 heavy (non-hydrogen) atoms. The Kier molecular flexibility index (Phi) is 6.66. The Balaban J connectivity index is 1.84. The third-order valence-corrected chi connectivity index (χ3v) is 4.48. The molecule has 0 aliphatic heterocycles. The fraction of sp³-hybridized carbons (Fsp3) is 0.182. The van der Waals surface area contributed by atoms with Gasteiger partial charge in [0.25, 0.3) is 0 Å². The molecule has 0 aromatic heterocycles. The predicted octanol–water partition coefficient (Wildman–Crippen LogP) is 4.98. The lowest BCUT2D eigenvalue weighted by Gasteiger charge is -2.16. The Labute approximate surface area is 178 Å². The molecule has 0 unspecified atom stereocenters. The molecule has 3 rings (SSSR count). The molecule has 9 heteroatoms. The number of ether oxygens (including phenoxy) is 3. The Morgan fingerprint density at radius 2 is 1.19 bits per heavy atom. The Hall–Kier alpha value is -4.14. The van der Waals surface area contributed by atoms with E-state index < -0.39 is 9.85 Å². The normalized spacial score (nSPS) is 10.4. The zero-order valence-electron chi connectivity index (χ0n) is 16.9. The van der Waals surface area contributed by atoms with E-state index in [9.17, 15) is 20.2 Å². The van der Waals surface area contributed by atoms with Gasteiger partial charge in [-0.05, 0) is 31.2 Å². The number of hydrogen-bond acceptors (Lipinski definition) is 7. The van der Waals surface area contributed by atoms with Crippen molar-refractivity contribution in [1.29, 1.82) is 0 Å². The highest BCUT2D eigenvalue weighted by Crippen LogP contribution is 2.32. The summed E-state index contributed by atoms with van der Waals surface area (Å²) in [5.41, 5.74) is 1.97. The molecule has 0 radical (unpaired) electrons. The third-order valence-electron chi connectivity index (χ3n) is 4.48.